The fourth-order valence-electron chi connectivity index (χ4n) is 1.99. The van der Waals surface area contributed by atoms with E-state index in [1.54, 1.807) is 29.1 Å². The van der Waals surface area contributed by atoms with E-state index in [1.165, 1.54) is 6.07 Å². The second kappa shape index (κ2) is 4.97. The highest BCUT2D eigenvalue weighted by atomic mass is 79.9. The van der Waals surface area contributed by atoms with Gasteiger partial charge >= 0.3 is 0 Å². The van der Waals surface area contributed by atoms with E-state index in [0.29, 0.717) is 5.69 Å². The number of hydrogen-bond donors (Lipinski definition) is 0. The van der Waals surface area contributed by atoms with E-state index < -0.39 is 0 Å². The largest absolute Gasteiger partial charge is 0.229 e. The first-order chi connectivity index (χ1) is 9.27. The molecule has 1 heterocycles. The van der Waals surface area contributed by atoms with Crippen LogP contribution in [-0.2, 0) is 0 Å². The summed E-state index contributed by atoms with van der Waals surface area (Å²) in [6.45, 7) is 0. The molecule has 0 radical (unpaired) electrons. The van der Waals surface area contributed by atoms with Gasteiger partial charge in [0.1, 0.15) is 11.5 Å². The molecule has 94 valence electrons. The molecule has 0 aliphatic heterocycles. The van der Waals surface area contributed by atoms with Gasteiger partial charge in [0.05, 0.1) is 16.4 Å². The molecule has 0 saturated heterocycles. The van der Waals surface area contributed by atoms with Gasteiger partial charge in [0.15, 0.2) is 0 Å². The third kappa shape index (κ3) is 2.19. The van der Waals surface area contributed by atoms with Gasteiger partial charge in [-0.2, -0.15) is 5.10 Å². The predicted molar refractivity (Wildman–Crippen MR) is 76.7 cm³/mol. The SMILES string of the molecule is Fc1ccccc1-n1ncc(Br)c1-c1ccccc1. The van der Waals surface area contributed by atoms with Gasteiger partial charge in [0.2, 0.25) is 0 Å². The molecule has 0 N–H and O–H groups in total. The maximum atomic E-state index is 13.9. The molecule has 0 spiro atoms. The fourth-order valence-corrected chi connectivity index (χ4v) is 2.48. The van der Waals surface area contributed by atoms with Gasteiger partial charge in [0, 0.05) is 5.56 Å². The lowest BCUT2D eigenvalue weighted by Gasteiger charge is -2.09. The lowest BCUT2D eigenvalue weighted by molar-refractivity contribution is 0.611. The number of aromatic nitrogens is 2. The minimum atomic E-state index is -0.296. The Morgan fingerprint density at radius 3 is 2.37 bits per heavy atom. The van der Waals surface area contributed by atoms with Gasteiger partial charge in [-0.15, -0.1) is 0 Å². The maximum absolute atomic E-state index is 13.9. The van der Waals surface area contributed by atoms with Crippen LogP contribution in [0.3, 0.4) is 0 Å². The van der Waals surface area contributed by atoms with Crippen molar-refractivity contribution in [1.82, 2.24) is 9.78 Å². The van der Waals surface area contributed by atoms with Crippen LogP contribution >= 0.6 is 15.9 Å². The highest BCUT2D eigenvalue weighted by Crippen LogP contribution is 2.30. The predicted octanol–water partition coefficient (Wildman–Crippen LogP) is 4.44. The molecule has 2 nitrogen and oxygen atoms in total. The van der Waals surface area contributed by atoms with Crippen LogP contribution in [-0.4, -0.2) is 9.78 Å². The van der Waals surface area contributed by atoms with E-state index in [1.807, 2.05) is 30.3 Å². The molecule has 0 unspecified atom stereocenters. The summed E-state index contributed by atoms with van der Waals surface area (Å²) in [5.41, 5.74) is 2.26. The summed E-state index contributed by atoms with van der Waals surface area (Å²) in [6, 6.07) is 16.4. The van der Waals surface area contributed by atoms with Crippen LogP contribution in [0.15, 0.2) is 65.3 Å². The van der Waals surface area contributed by atoms with Crippen LogP contribution < -0.4 is 0 Å². The van der Waals surface area contributed by atoms with E-state index in [9.17, 15) is 4.39 Å². The van der Waals surface area contributed by atoms with Gasteiger partial charge < -0.3 is 0 Å². The highest BCUT2D eigenvalue weighted by Gasteiger charge is 2.14. The fraction of sp³-hybridized carbons (Fsp3) is 0. The minimum absolute atomic E-state index is 0.296. The first-order valence-electron chi connectivity index (χ1n) is 5.81. The van der Waals surface area contributed by atoms with Gasteiger partial charge in [-0.25, -0.2) is 9.07 Å². The molecule has 0 amide bonds. The second-order valence-corrected chi connectivity index (χ2v) is 4.92. The van der Waals surface area contributed by atoms with Gasteiger partial charge in [-0.3, -0.25) is 0 Å². The number of nitrogens with zero attached hydrogens (tertiary/aromatic N) is 2. The molecule has 1 aromatic heterocycles. The Hall–Kier alpha value is -1.94. The van der Waals surface area contributed by atoms with Crippen LogP contribution in [0.1, 0.15) is 0 Å². The summed E-state index contributed by atoms with van der Waals surface area (Å²) in [7, 11) is 0. The van der Waals surface area contributed by atoms with E-state index in [4.69, 9.17) is 0 Å². The number of benzene rings is 2. The van der Waals surface area contributed by atoms with Crippen LogP contribution in [0.25, 0.3) is 16.9 Å². The molecule has 0 saturated carbocycles. The number of rotatable bonds is 2. The standard InChI is InChI=1S/C15H10BrFN2/c16-12-10-18-19(14-9-5-4-8-13(14)17)15(12)11-6-2-1-3-7-11/h1-10H. The van der Waals surface area contributed by atoms with Crippen molar-refractivity contribution in [2.75, 3.05) is 0 Å². The molecule has 3 aromatic rings. The maximum Gasteiger partial charge on any atom is 0.148 e. The zero-order valence-electron chi connectivity index (χ0n) is 9.92. The highest BCUT2D eigenvalue weighted by molar-refractivity contribution is 9.10. The van der Waals surface area contributed by atoms with Crippen molar-refractivity contribution in [1.29, 1.82) is 0 Å². The molecule has 0 fully saturated rings. The van der Waals surface area contributed by atoms with Crippen molar-refractivity contribution in [3.05, 3.63) is 71.1 Å². The Morgan fingerprint density at radius 2 is 1.63 bits per heavy atom. The van der Waals surface area contributed by atoms with E-state index in [-0.39, 0.29) is 5.82 Å². The topological polar surface area (TPSA) is 17.8 Å². The molecule has 4 heteroatoms. The molecule has 0 atom stereocenters. The van der Waals surface area contributed by atoms with E-state index in [0.717, 1.165) is 15.7 Å². The quantitative estimate of drug-likeness (QED) is 0.683. The number of para-hydroxylation sites is 1. The second-order valence-electron chi connectivity index (χ2n) is 4.07. The normalized spacial score (nSPS) is 10.6. The Labute approximate surface area is 118 Å². The lowest BCUT2D eigenvalue weighted by atomic mass is 10.1. The van der Waals surface area contributed by atoms with Gasteiger partial charge in [-0.1, -0.05) is 42.5 Å². The molecule has 0 aliphatic carbocycles. The van der Waals surface area contributed by atoms with E-state index >= 15 is 0 Å². The molecule has 2 aromatic carbocycles. The summed E-state index contributed by atoms with van der Waals surface area (Å²) in [5, 5.41) is 4.25. The van der Waals surface area contributed by atoms with Crippen LogP contribution in [0.2, 0.25) is 0 Å². The van der Waals surface area contributed by atoms with Gasteiger partial charge in [-0.05, 0) is 28.1 Å². The molecule has 19 heavy (non-hydrogen) atoms. The van der Waals surface area contributed by atoms with Crippen molar-refractivity contribution in [2.24, 2.45) is 0 Å². The first-order valence-corrected chi connectivity index (χ1v) is 6.60. The van der Waals surface area contributed by atoms with Crippen molar-refractivity contribution < 1.29 is 4.39 Å². The average Bonchev–Trinajstić information content (AvgIpc) is 2.82. The summed E-state index contributed by atoms with van der Waals surface area (Å²) >= 11 is 3.47. The smallest absolute Gasteiger partial charge is 0.148 e. The zero-order valence-corrected chi connectivity index (χ0v) is 11.5. The summed E-state index contributed by atoms with van der Waals surface area (Å²) in [6.07, 6.45) is 1.68. The Bertz CT molecular complexity index is 707. The number of halogens is 2. The number of hydrogen-bond acceptors (Lipinski definition) is 1. The van der Waals surface area contributed by atoms with E-state index in [2.05, 4.69) is 21.0 Å². The summed E-state index contributed by atoms with van der Waals surface area (Å²) in [5.74, 6) is -0.296. The summed E-state index contributed by atoms with van der Waals surface area (Å²) < 4.78 is 16.3. The summed E-state index contributed by atoms with van der Waals surface area (Å²) in [4.78, 5) is 0. The average molecular weight is 317 g/mol. The molecule has 0 aliphatic rings. The molecule has 3 rings (SSSR count). The Morgan fingerprint density at radius 1 is 0.947 bits per heavy atom. The van der Waals surface area contributed by atoms with Crippen LogP contribution in [0.5, 0.6) is 0 Å². The van der Waals surface area contributed by atoms with Gasteiger partial charge in [0.25, 0.3) is 0 Å². The minimum Gasteiger partial charge on any atom is -0.229 e. The van der Waals surface area contributed by atoms with Crippen LogP contribution in [0.4, 0.5) is 4.39 Å². The van der Waals surface area contributed by atoms with Crippen molar-refractivity contribution in [3.63, 3.8) is 0 Å². The lowest BCUT2D eigenvalue weighted by Crippen LogP contribution is -2.01. The van der Waals surface area contributed by atoms with Crippen molar-refractivity contribution in [3.8, 4) is 16.9 Å². The van der Waals surface area contributed by atoms with Crippen LogP contribution in [0, 0.1) is 5.82 Å². The monoisotopic (exact) mass is 316 g/mol. The van der Waals surface area contributed by atoms with Crippen molar-refractivity contribution >= 4 is 15.9 Å². The molecule has 0 bridgehead atoms. The third-order valence-electron chi connectivity index (χ3n) is 2.85. The molecular formula is C15H10BrFN2. The Balaban J connectivity index is 2.23. The van der Waals surface area contributed by atoms with Crippen molar-refractivity contribution in [2.45, 2.75) is 0 Å². The zero-order chi connectivity index (χ0) is 13.2. The Kier molecular flexibility index (Phi) is 3.17. The third-order valence-corrected chi connectivity index (χ3v) is 3.43. The first kappa shape index (κ1) is 12.1. The molecular weight excluding hydrogens is 307 g/mol.